The van der Waals surface area contributed by atoms with E-state index in [9.17, 15) is 13.2 Å². The van der Waals surface area contributed by atoms with Crippen LogP contribution in [0.5, 0.6) is 0 Å². The lowest BCUT2D eigenvalue weighted by molar-refractivity contribution is -0.120. The Kier molecular flexibility index (Phi) is 4.25. The molecule has 6 heteroatoms. The van der Waals surface area contributed by atoms with Crippen molar-refractivity contribution in [1.29, 1.82) is 0 Å². The van der Waals surface area contributed by atoms with Crippen molar-refractivity contribution < 1.29 is 13.2 Å². The van der Waals surface area contributed by atoms with Crippen molar-refractivity contribution in [1.82, 2.24) is 0 Å². The number of nitrogens with two attached hydrogens (primary N) is 1. The smallest absolute Gasteiger partial charge is 0.247 e. The monoisotopic (exact) mass is 284 g/mol. The molecule has 19 heavy (non-hydrogen) atoms. The molecule has 0 bridgehead atoms. The van der Waals surface area contributed by atoms with Crippen molar-refractivity contribution in [3.8, 4) is 0 Å². The molecule has 1 rings (SSSR count). The van der Waals surface area contributed by atoms with Gasteiger partial charge in [0.25, 0.3) is 0 Å². The lowest BCUT2D eigenvalue weighted by Crippen LogP contribution is -2.50. The Morgan fingerprint density at radius 1 is 1.32 bits per heavy atom. The zero-order valence-corrected chi connectivity index (χ0v) is 12.5. The second-order valence-corrected chi connectivity index (χ2v) is 7.46. The van der Waals surface area contributed by atoms with Crippen molar-refractivity contribution in [2.45, 2.75) is 25.5 Å². The van der Waals surface area contributed by atoms with E-state index in [-0.39, 0.29) is 0 Å². The molecule has 0 heterocycles. The molecule has 106 valence electrons. The van der Waals surface area contributed by atoms with Crippen LogP contribution in [0, 0.1) is 0 Å². The van der Waals surface area contributed by atoms with Gasteiger partial charge in [-0.2, -0.15) is 0 Å². The normalized spacial score (nSPS) is 12.2. The molecule has 0 aliphatic carbocycles. The number of hydrogen-bond acceptors (Lipinski definition) is 4. The summed E-state index contributed by atoms with van der Waals surface area (Å²) in [6.45, 7) is 4.95. The van der Waals surface area contributed by atoms with Crippen LogP contribution in [0.2, 0.25) is 0 Å². The maximum absolute atomic E-state index is 12.5. The van der Waals surface area contributed by atoms with Gasteiger partial charge >= 0.3 is 0 Å². The first-order chi connectivity index (χ1) is 8.63. The fraction of sp³-hybridized carbons (Fsp3) is 0.462. The van der Waals surface area contributed by atoms with Crippen LogP contribution in [0.15, 0.2) is 24.3 Å². The summed E-state index contributed by atoms with van der Waals surface area (Å²) in [5, 5.41) is 0. The molecular weight excluding hydrogens is 264 g/mol. The van der Waals surface area contributed by atoms with Gasteiger partial charge in [-0.05, 0) is 32.9 Å². The standard InChI is InChI=1S/C13H20N2O3S/c1-5-15(11-9-7-6-8-10(11)14)12(16)13(2,3)19(4,17)18/h6-9H,5,14H2,1-4H3. The van der Waals surface area contributed by atoms with Gasteiger partial charge in [-0.15, -0.1) is 0 Å². The highest BCUT2D eigenvalue weighted by atomic mass is 32.2. The highest BCUT2D eigenvalue weighted by Gasteiger charge is 2.41. The van der Waals surface area contributed by atoms with E-state index in [1.165, 1.54) is 18.7 Å². The Balaban J connectivity index is 3.27. The fourth-order valence-electron chi connectivity index (χ4n) is 1.64. The van der Waals surface area contributed by atoms with Crippen molar-refractivity contribution in [2.75, 3.05) is 23.4 Å². The Bertz CT molecular complexity index is 579. The van der Waals surface area contributed by atoms with Gasteiger partial charge < -0.3 is 10.6 Å². The van der Waals surface area contributed by atoms with Gasteiger partial charge in [-0.3, -0.25) is 4.79 Å². The first-order valence-electron chi connectivity index (χ1n) is 5.99. The number of para-hydroxylation sites is 2. The number of nitrogen functional groups attached to an aromatic ring is 1. The molecule has 0 saturated carbocycles. The van der Waals surface area contributed by atoms with Gasteiger partial charge in [0.2, 0.25) is 5.91 Å². The number of carbonyl (C=O) groups excluding carboxylic acids is 1. The third kappa shape index (κ3) is 2.89. The predicted molar refractivity (Wildman–Crippen MR) is 77.8 cm³/mol. The molecule has 0 aliphatic rings. The largest absolute Gasteiger partial charge is 0.397 e. The molecule has 1 aromatic rings. The van der Waals surface area contributed by atoms with Crippen LogP contribution in [0.25, 0.3) is 0 Å². The number of anilines is 2. The van der Waals surface area contributed by atoms with E-state index in [1.54, 1.807) is 31.2 Å². The molecule has 0 spiro atoms. The van der Waals surface area contributed by atoms with E-state index < -0.39 is 20.5 Å². The lowest BCUT2D eigenvalue weighted by atomic mass is 10.1. The van der Waals surface area contributed by atoms with E-state index in [1.807, 2.05) is 0 Å². The zero-order chi connectivity index (χ0) is 14.8. The summed E-state index contributed by atoms with van der Waals surface area (Å²) < 4.78 is 22.0. The third-order valence-corrected chi connectivity index (χ3v) is 5.26. The van der Waals surface area contributed by atoms with Gasteiger partial charge in [0.05, 0.1) is 11.4 Å². The number of sulfone groups is 1. The number of amides is 1. The second-order valence-electron chi connectivity index (χ2n) is 4.89. The number of benzene rings is 1. The quantitative estimate of drug-likeness (QED) is 0.848. The van der Waals surface area contributed by atoms with Crippen LogP contribution < -0.4 is 10.6 Å². The van der Waals surface area contributed by atoms with Gasteiger partial charge in [0.1, 0.15) is 4.75 Å². The van der Waals surface area contributed by atoms with Gasteiger partial charge in [0.15, 0.2) is 9.84 Å². The Hall–Kier alpha value is -1.56. The van der Waals surface area contributed by atoms with E-state index in [0.717, 1.165) is 6.26 Å². The van der Waals surface area contributed by atoms with Crippen LogP contribution in [0.4, 0.5) is 11.4 Å². The van der Waals surface area contributed by atoms with Crippen molar-refractivity contribution >= 4 is 27.1 Å². The maximum Gasteiger partial charge on any atom is 0.247 e. The first kappa shape index (κ1) is 15.5. The highest BCUT2D eigenvalue weighted by molar-refractivity contribution is 7.92. The number of carbonyl (C=O) groups is 1. The number of hydrogen-bond donors (Lipinski definition) is 1. The molecular formula is C13H20N2O3S. The molecule has 0 unspecified atom stereocenters. The first-order valence-corrected chi connectivity index (χ1v) is 7.88. The molecule has 1 aromatic carbocycles. The summed E-state index contributed by atoms with van der Waals surface area (Å²) in [6.07, 6.45) is 1.06. The topological polar surface area (TPSA) is 80.5 Å². The van der Waals surface area contributed by atoms with Crippen LogP contribution in [0.1, 0.15) is 20.8 Å². The molecule has 0 atom stereocenters. The second kappa shape index (κ2) is 5.21. The van der Waals surface area contributed by atoms with E-state index in [4.69, 9.17) is 5.73 Å². The Labute approximate surface area is 114 Å². The van der Waals surface area contributed by atoms with Crippen LogP contribution >= 0.6 is 0 Å². The molecule has 0 saturated heterocycles. The summed E-state index contributed by atoms with van der Waals surface area (Å²) >= 11 is 0. The van der Waals surface area contributed by atoms with E-state index >= 15 is 0 Å². The molecule has 2 N–H and O–H groups in total. The SMILES string of the molecule is CCN(C(=O)C(C)(C)S(C)(=O)=O)c1ccccc1N. The van der Waals surface area contributed by atoms with Crippen LogP contribution in [-0.4, -0.2) is 31.9 Å². The van der Waals surface area contributed by atoms with Gasteiger partial charge in [-0.25, -0.2) is 8.42 Å². The minimum absolute atomic E-state index is 0.353. The van der Waals surface area contributed by atoms with E-state index in [0.29, 0.717) is 17.9 Å². The third-order valence-electron chi connectivity index (χ3n) is 3.23. The molecule has 5 nitrogen and oxygen atoms in total. The summed E-state index contributed by atoms with van der Waals surface area (Å²) in [5.41, 5.74) is 6.82. The summed E-state index contributed by atoms with van der Waals surface area (Å²) in [7, 11) is -3.51. The maximum atomic E-state index is 12.5. The van der Waals surface area contributed by atoms with Crippen molar-refractivity contribution in [3.05, 3.63) is 24.3 Å². The minimum Gasteiger partial charge on any atom is -0.397 e. The number of rotatable bonds is 4. The average Bonchev–Trinajstić information content (AvgIpc) is 2.30. The molecule has 1 amide bonds. The van der Waals surface area contributed by atoms with Crippen molar-refractivity contribution in [2.24, 2.45) is 0 Å². The Morgan fingerprint density at radius 2 is 1.84 bits per heavy atom. The highest BCUT2D eigenvalue weighted by Crippen LogP contribution is 2.27. The predicted octanol–water partition coefficient (Wildman–Crippen LogP) is 1.44. The Morgan fingerprint density at radius 3 is 2.26 bits per heavy atom. The average molecular weight is 284 g/mol. The molecule has 0 aromatic heterocycles. The van der Waals surface area contributed by atoms with Gasteiger partial charge in [-0.1, -0.05) is 12.1 Å². The summed E-state index contributed by atoms with van der Waals surface area (Å²) in [6, 6.07) is 6.90. The summed E-state index contributed by atoms with van der Waals surface area (Å²) in [5.74, 6) is -0.476. The summed E-state index contributed by atoms with van der Waals surface area (Å²) in [4.78, 5) is 13.9. The van der Waals surface area contributed by atoms with Crippen LogP contribution in [0.3, 0.4) is 0 Å². The molecule has 0 aliphatic heterocycles. The zero-order valence-electron chi connectivity index (χ0n) is 11.7. The van der Waals surface area contributed by atoms with Crippen molar-refractivity contribution in [3.63, 3.8) is 0 Å². The van der Waals surface area contributed by atoms with Gasteiger partial charge in [0, 0.05) is 12.8 Å². The molecule has 0 radical (unpaired) electrons. The fourth-order valence-corrected chi connectivity index (χ4v) is 2.07. The minimum atomic E-state index is -3.51. The molecule has 0 fully saturated rings. The van der Waals surface area contributed by atoms with Crippen LogP contribution in [-0.2, 0) is 14.6 Å². The lowest BCUT2D eigenvalue weighted by Gasteiger charge is -2.30. The van der Waals surface area contributed by atoms with E-state index in [2.05, 4.69) is 0 Å². The number of nitrogens with zero attached hydrogens (tertiary/aromatic N) is 1.